The lowest BCUT2D eigenvalue weighted by molar-refractivity contribution is -0.0841. The first kappa shape index (κ1) is 14.0. The summed E-state index contributed by atoms with van der Waals surface area (Å²) in [6.07, 6.45) is 0.576. The number of aromatic nitrogens is 2. The molecule has 3 rings (SSSR count). The third-order valence-corrected chi connectivity index (χ3v) is 3.59. The normalized spacial score (nSPS) is 16.5. The summed E-state index contributed by atoms with van der Waals surface area (Å²) in [5, 5.41) is 7.18. The number of methoxy groups -OCH3 is 1. The summed E-state index contributed by atoms with van der Waals surface area (Å²) >= 11 is 0. The van der Waals surface area contributed by atoms with Crippen LogP contribution in [0.1, 0.15) is 24.2 Å². The first-order valence-electron chi connectivity index (χ1n) is 6.96. The lowest BCUT2D eigenvalue weighted by atomic mass is 10.0. The van der Waals surface area contributed by atoms with Crippen LogP contribution >= 0.6 is 0 Å². The molecule has 0 saturated carbocycles. The van der Waals surface area contributed by atoms with E-state index in [4.69, 9.17) is 14.0 Å². The lowest BCUT2D eigenvalue weighted by Crippen LogP contribution is -2.58. The van der Waals surface area contributed by atoms with Crippen LogP contribution in [0.3, 0.4) is 0 Å². The molecule has 0 bridgehead atoms. The third kappa shape index (κ3) is 3.22. The standard InChI is InChI=1S/C15H19N3O3/c1-15(9-16-10-15)20-8-14-17-13(18-21-14)7-11-5-3-4-6-12(11)19-2/h3-6,16H,7-10H2,1-2H3. The molecule has 1 aliphatic heterocycles. The van der Waals surface area contributed by atoms with E-state index in [0.717, 1.165) is 24.4 Å². The summed E-state index contributed by atoms with van der Waals surface area (Å²) in [4.78, 5) is 4.36. The number of nitrogens with one attached hydrogen (secondary N) is 1. The maximum atomic E-state index is 5.78. The first-order chi connectivity index (χ1) is 10.2. The van der Waals surface area contributed by atoms with Crippen molar-refractivity contribution in [3.63, 3.8) is 0 Å². The van der Waals surface area contributed by atoms with E-state index in [1.54, 1.807) is 7.11 Å². The zero-order valence-electron chi connectivity index (χ0n) is 12.3. The van der Waals surface area contributed by atoms with Crippen LogP contribution < -0.4 is 10.1 Å². The Morgan fingerprint density at radius 2 is 2.14 bits per heavy atom. The molecule has 0 aliphatic carbocycles. The molecule has 0 radical (unpaired) electrons. The molecule has 1 saturated heterocycles. The summed E-state index contributed by atoms with van der Waals surface area (Å²) in [5.74, 6) is 1.97. The first-order valence-corrected chi connectivity index (χ1v) is 6.96. The van der Waals surface area contributed by atoms with Crippen LogP contribution in [0.25, 0.3) is 0 Å². The molecule has 6 heteroatoms. The average Bonchev–Trinajstić information content (AvgIpc) is 2.91. The van der Waals surface area contributed by atoms with Gasteiger partial charge in [-0.3, -0.25) is 0 Å². The van der Waals surface area contributed by atoms with Crippen molar-refractivity contribution in [2.45, 2.75) is 25.6 Å². The monoisotopic (exact) mass is 289 g/mol. The quantitative estimate of drug-likeness (QED) is 0.870. The second kappa shape index (κ2) is 5.83. The van der Waals surface area contributed by atoms with Gasteiger partial charge in [-0.2, -0.15) is 4.98 Å². The molecule has 1 fully saturated rings. The molecule has 0 spiro atoms. The van der Waals surface area contributed by atoms with E-state index in [9.17, 15) is 0 Å². The van der Waals surface area contributed by atoms with Crippen LogP contribution in [-0.4, -0.2) is 35.9 Å². The van der Waals surface area contributed by atoms with Gasteiger partial charge < -0.3 is 19.3 Å². The number of ether oxygens (including phenoxy) is 2. The SMILES string of the molecule is COc1ccccc1Cc1noc(COC2(C)CNC2)n1. The molecule has 1 N–H and O–H groups in total. The van der Waals surface area contributed by atoms with Crippen LogP contribution in [0.2, 0.25) is 0 Å². The molecule has 1 aromatic heterocycles. The summed E-state index contributed by atoms with van der Waals surface area (Å²) in [7, 11) is 1.65. The minimum Gasteiger partial charge on any atom is -0.496 e. The maximum Gasteiger partial charge on any atom is 0.252 e. The van der Waals surface area contributed by atoms with Crippen molar-refractivity contribution < 1.29 is 14.0 Å². The fourth-order valence-corrected chi connectivity index (χ4v) is 2.26. The second-order valence-corrected chi connectivity index (χ2v) is 5.44. The van der Waals surface area contributed by atoms with Gasteiger partial charge >= 0.3 is 0 Å². The van der Waals surface area contributed by atoms with Gasteiger partial charge in [0.2, 0.25) is 0 Å². The van der Waals surface area contributed by atoms with Crippen molar-refractivity contribution in [3.8, 4) is 5.75 Å². The van der Waals surface area contributed by atoms with Crippen molar-refractivity contribution in [2.24, 2.45) is 0 Å². The number of hydrogen-bond donors (Lipinski definition) is 1. The topological polar surface area (TPSA) is 69.4 Å². The Morgan fingerprint density at radius 1 is 1.33 bits per heavy atom. The molecule has 1 aliphatic rings. The Morgan fingerprint density at radius 3 is 2.86 bits per heavy atom. The van der Waals surface area contributed by atoms with Crippen LogP contribution in [0.15, 0.2) is 28.8 Å². The molecule has 0 atom stereocenters. The molecule has 2 heterocycles. The number of rotatable bonds is 6. The summed E-state index contributed by atoms with van der Waals surface area (Å²) < 4.78 is 16.3. The second-order valence-electron chi connectivity index (χ2n) is 5.44. The highest BCUT2D eigenvalue weighted by atomic mass is 16.5. The van der Waals surface area contributed by atoms with Gasteiger partial charge in [0.15, 0.2) is 5.82 Å². The highest BCUT2D eigenvalue weighted by Gasteiger charge is 2.33. The van der Waals surface area contributed by atoms with Crippen LogP contribution in [-0.2, 0) is 17.8 Å². The fourth-order valence-electron chi connectivity index (χ4n) is 2.26. The Hall–Kier alpha value is -1.92. The largest absolute Gasteiger partial charge is 0.496 e. The summed E-state index contributed by atoms with van der Waals surface area (Å²) in [5.41, 5.74) is 0.917. The average molecular weight is 289 g/mol. The minimum atomic E-state index is -0.114. The number of benzene rings is 1. The molecule has 21 heavy (non-hydrogen) atoms. The lowest BCUT2D eigenvalue weighted by Gasteiger charge is -2.38. The predicted octanol–water partition coefficient (Wildman–Crippen LogP) is 1.55. The van der Waals surface area contributed by atoms with E-state index in [-0.39, 0.29) is 5.60 Å². The molecule has 112 valence electrons. The van der Waals surface area contributed by atoms with Gasteiger partial charge in [-0.05, 0) is 13.0 Å². The van der Waals surface area contributed by atoms with E-state index < -0.39 is 0 Å². The maximum absolute atomic E-state index is 5.78. The van der Waals surface area contributed by atoms with Gasteiger partial charge in [0.25, 0.3) is 5.89 Å². The molecule has 1 aromatic carbocycles. The van der Waals surface area contributed by atoms with Crippen LogP contribution in [0.5, 0.6) is 5.75 Å². The van der Waals surface area contributed by atoms with E-state index in [1.807, 2.05) is 24.3 Å². The minimum absolute atomic E-state index is 0.114. The Balaban J connectivity index is 1.62. The van der Waals surface area contributed by atoms with E-state index >= 15 is 0 Å². The molecular formula is C15H19N3O3. The van der Waals surface area contributed by atoms with Crippen molar-refractivity contribution in [3.05, 3.63) is 41.5 Å². The number of hydrogen-bond acceptors (Lipinski definition) is 6. The number of para-hydroxylation sites is 1. The van der Waals surface area contributed by atoms with Gasteiger partial charge in [-0.1, -0.05) is 23.4 Å². The Labute approximate surface area is 123 Å². The van der Waals surface area contributed by atoms with Gasteiger partial charge in [0.05, 0.1) is 12.7 Å². The Kier molecular flexibility index (Phi) is 3.90. The summed E-state index contributed by atoms with van der Waals surface area (Å²) in [6.45, 7) is 4.12. The smallest absolute Gasteiger partial charge is 0.252 e. The van der Waals surface area contributed by atoms with Crippen molar-refractivity contribution >= 4 is 0 Å². The van der Waals surface area contributed by atoms with Gasteiger partial charge in [-0.25, -0.2) is 0 Å². The van der Waals surface area contributed by atoms with E-state index in [0.29, 0.717) is 24.7 Å². The van der Waals surface area contributed by atoms with Gasteiger partial charge in [0, 0.05) is 25.1 Å². The Bertz CT molecular complexity index is 608. The third-order valence-electron chi connectivity index (χ3n) is 3.59. The van der Waals surface area contributed by atoms with Gasteiger partial charge in [-0.15, -0.1) is 0 Å². The van der Waals surface area contributed by atoms with Gasteiger partial charge in [0.1, 0.15) is 12.4 Å². The van der Waals surface area contributed by atoms with Crippen molar-refractivity contribution in [1.29, 1.82) is 0 Å². The zero-order valence-corrected chi connectivity index (χ0v) is 12.3. The fraction of sp³-hybridized carbons (Fsp3) is 0.467. The summed E-state index contributed by atoms with van der Waals surface area (Å²) in [6, 6.07) is 7.81. The molecule has 6 nitrogen and oxygen atoms in total. The number of nitrogens with zero attached hydrogens (tertiary/aromatic N) is 2. The van der Waals surface area contributed by atoms with Crippen molar-refractivity contribution in [1.82, 2.24) is 15.5 Å². The molecular weight excluding hydrogens is 270 g/mol. The van der Waals surface area contributed by atoms with Crippen LogP contribution in [0.4, 0.5) is 0 Å². The highest BCUT2D eigenvalue weighted by molar-refractivity contribution is 5.35. The molecule has 0 amide bonds. The molecule has 2 aromatic rings. The van der Waals surface area contributed by atoms with Crippen molar-refractivity contribution in [2.75, 3.05) is 20.2 Å². The predicted molar refractivity (Wildman–Crippen MR) is 76.2 cm³/mol. The van der Waals surface area contributed by atoms with E-state index in [1.165, 1.54) is 0 Å². The van der Waals surface area contributed by atoms with E-state index in [2.05, 4.69) is 22.4 Å². The highest BCUT2D eigenvalue weighted by Crippen LogP contribution is 2.21. The molecule has 0 unspecified atom stereocenters. The van der Waals surface area contributed by atoms with Crippen LogP contribution in [0, 0.1) is 0 Å². The zero-order chi connectivity index (χ0) is 14.7.